The second-order valence-corrected chi connectivity index (χ2v) is 6.51. The molecule has 1 aliphatic carbocycles. The van der Waals surface area contributed by atoms with Crippen molar-refractivity contribution in [1.29, 1.82) is 0 Å². The van der Waals surface area contributed by atoms with Gasteiger partial charge in [0.25, 0.3) is 0 Å². The fourth-order valence-corrected chi connectivity index (χ4v) is 3.95. The largest absolute Gasteiger partial charge is 0.326 e. The van der Waals surface area contributed by atoms with Gasteiger partial charge in [-0.05, 0) is 50.5 Å². The van der Waals surface area contributed by atoms with E-state index >= 15 is 0 Å². The Hall–Kier alpha value is -0.0800. The molecule has 2 heteroatoms. The summed E-state index contributed by atoms with van der Waals surface area (Å²) in [7, 11) is 0. The topological polar surface area (TPSA) is 29.3 Å². The first-order valence-electron chi connectivity index (χ1n) is 7.64. The molecular weight excluding hydrogens is 208 g/mol. The van der Waals surface area contributed by atoms with Crippen LogP contribution in [0.15, 0.2) is 0 Å². The predicted molar refractivity (Wildman–Crippen MR) is 74.0 cm³/mol. The zero-order valence-electron chi connectivity index (χ0n) is 11.9. The molecule has 2 N–H and O–H groups in total. The van der Waals surface area contributed by atoms with Crippen LogP contribution in [-0.2, 0) is 0 Å². The first kappa shape index (κ1) is 13.4. The number of rotatable bonds is 3. The van der Waals surface area contributed by atoms with E-state index in [9.17, 15) is 0 Å². The van der Waals surface area contributed by atoms with Crippen LogP contribution in [0.3, 0.4) is 0 Å². The highest BCUT2D eigenvalue weighted by molar-refractivity contribution is 4.94. The molecule has 0 spiro atoms. The third kappa shape index (κ3) is 2.85. The smallest absolute Gasteiger partial charge is 0.0252 e. The average Bonchev–Trinajstić information content (AvgIpc) is 2.78. The monoisotopic (exact) mass is 238 g/mol. The van der Waals surface area contributed by atoms with E-state index < -0.39 is 0 Å². The van der Waals surface area contributed by atoms with Crippen LogP contribution in [0.4, 0.5) is 0 Å². The zero-order chi connectivity index (χ0) is 12.4. The number of nitrogens with zero attached hydrogens (tertiary/aromatic N) is 1. The van der Waals surface area contributed by atoms with Crippen molar-refractivity contribution in [3.63, 3.8) is 0 Å². The van der Waals surface area contributed by atoms with E-state index in [-0.39, 0.29) is 0 Å². The van der Waals surface area contributed by atoms with Crippen molar-refractivity contribution in [2.75, 3.05) is 6.54 Å². The maximum atomic E-state index is 6.40. The van der Waals surface area contributed by atoms with Crippen LogP contribution >= 0.6 is 0 Å². The van der Waals surface area contributed by atoms with Crippen molar-refractivity contribution in [3.05, 3.63) is 0 Å². The lowest BCUT2D eigenvalue weighted by Gasteiger charge is -2.43. The molecule has 0 amide bonds. The molecular formula is C15H30N2. The first-order valence-corrected chi connectivity index (χ1v) is 7.64. The van der Waals surface area contributed by atoms with E-state index in [0.717, 1.165) is 17.9 Å². The molecule has 0 aromatic rings. The molecule has 1 aliphatic heterocycles. The Balaban J connectivity index is 2.03. The highest BCUT2D eigenvalue weighted by Crippen LogP contribution is 2.34. The Morgan fingerprint density at radius 1 is 1.24 bits per heavy atom. The summed E-state index contributed by atoms with van der Waals surface area (Å²) < 4.78 is 0. The van der Waals surface area contributed by atoms with Crippen molar-refractivity contribution >= 4 is 0 Å². The Morgan fingerprint density at radius 2 is 2.00 bits per heavy atom. The minimum absolute atomic E-state index is 0.428. The lowest BCUT2D eigenvalue weighted by Crippen LogP contribution is -2.53. The van der Waals surface area contributed by atoms with Crippen LogP contribution in [0.5, 0.6) is 0 Å². The van der Waals surface area contributed by atoms with Crippen LogP contribution in [-0.4, -0.2) is 29.6 Å². The van der Waals surface area contributed by atoms with Gasteiger partial charge in [0.15, 0.2) is 0 Å². The molecule has 0 aromatic carbocycles. The van der Waals surface area contributed by atoms with E-state index in [0.29, 0.717) is 12.1 Å². The Bertz CT molecular complexity index is 239. The van der Waals surface area contributed by atoms with Crippen molar-refractivity contribution in [2.24, 2.45) is 17.6 Å². The van der Waals surface area contributed by atoms with Gasteiger partial charge >= 0.3 is 0 Å². The average molecular weight is 238 g/mol. The number of likely N-dealkylation sites (tertiary alicyclic amines) is 1. The summed E-state index contributed by atoms with van der Waals surface area (Å²) >= 11 is 0. The van der Waals surface area contributed by atoms with Crippen LogP contribution in [0.1, 0.15) is 59.3 Å². The van der Waals surface area contributed by atoms with E-state index in [1.54, 1.807) is 0 Å². The molecule has 2 rings (SSSR count). The van der Waals surface area contributed by atoms with Gasteiger partial charge in [-0.25, -0.2) is 0 Å². The van der Waals surface area contributed by atoms with Gasteiger partial charge in [-0.15, -0.1) is 0 Å². The van der Waals surface area contributed by atoms with Crippen LogP contribution in [0, 0.1) is 11.8 Å². The van der Waals surface area contributed by atoms with Crippen molar-refractivity contribution in [1.82, 2.24) is 4.90 Å². The van der Waals surface area contributed by atoms with Gasteiger partial charge < -0.3 is 5.73 Å². The van der Waals surface area contributed by atoms with Gasteiger partial charge in [-0.3, -0.25) is 4.90 Å². The van der Waals surface area contributed by atoms with Crippen molar-refractivity contribution < 1.29 is 0 Å². The third-order valence-electron chi connectivity index (χ3n) is 5.09. The highest BCUT2D eigenvalue weighted by atomic mass is 15.2. The zero-order valence-corrected chi connectivity index (χ0v) is 11.9. The molecule has 2 aliphatic rings. The lowest BCUT2D eigenvalue weighted by molar-refractivity contribution is 0.0807. The highest BCUT2D eigenvalue weighted by Gasteiger charge is 2.38. The predicted octanol–water partition coefficient (Wildman–Crippen LogP) is 3.01. The molecule has 2 nitrogen and oxygen atoms in total. The van der Waals surface area contributed by atoms with Gasteiger partial charge in [-0.2, -0.15) is 0 Å². The van der Waals surface area contributed by atoms with Crippen LogP contribution < -0.4 is 5.73 Å². The molecule has 1 heterocycles. The van der Waals surface area contributed by atoms with E-state index in [1.165, 1.54) is 45.1 Å². The molecule has 1 saturated carbocycles. The number of nitrogens with two attached hydrogens (primary N) is 1. The second kappa shape index (κ2) is 5.71. The minimum Gasteiger partial charge on any atom is -0.326 e. The lowest BCUT2D eigenvalue weighted by atomic mass is 9.80. The van der Waals surface area contributed by atoms with Crippen molar-refractivity contribution in [3.8, 4) is 0 Å². The van der Waals surface area contributed by atoms with Crippen molar-refractivity contribution in [2.45, 2.75) is 77.4 Å². The third-order valence-corrected chi connectivity index (χ3v) is 5.09. The summed E-state index contributed by atoms with van der Waals surface area (Å²) in [6.45, 7) is 8.36. The maximum Gasteiger partial charge on any atom is 0.0252 e. The summed E-state index contributed by atoms with van der Waals surface area (Å²) in [5, 5.41) is 0. The Kier molecular flexibility index (Phi) is 4.48. The molecule has 4 atom stereocenters. The van der Waals surface area contributed by atoms with Gasteiger partial charge in [0.1, 0.15) is 0 Å². The molecule has 4 unspecified atom stereocenters. The quantitative estimate of drug-likeness (QED) is 0.819. The fraction of sp³-hybridized carbons (Fsp3) is 1.00. The van der Waals surface area contributed by atoms with Gasteiger partial charge in [0.05, 0.1) is 0 Å². The van der Waals surface area contributed by atoms with Crippen LogP contribution in [0.2, 0.25) is 0 Å². The Morgan fingerprint density at radius 3 is 2.65 bits per heavy atom. The molecule has 2 fully saturated rings. The normalized spacial score (nSPS) is 40.1. The Labute approximate surface area is 107 Å². The second-order valence-electron chi connectivity index (χ2n) is 6.51. The van der Waals surface area contributed by atoms with Gasteiger partial charge in [0, 0.05) is 18.1 Å². The molecule has 1 saturated heterocycles. The summed E-state index contributed by atoms with van der Waals surface area (Å²) in [6, 6.07) is 1.89. The standard InChI is InChI=1S/C15H30N2/c1-4-12-7-8-13(16)15(10-12)17-9-5-6-14(17)11(2)3/h11-15H,4-10,16H2,1-3H3. The summed E-state index contributed by atoms with van der Waals surface area (Å²) in [4.78, 5) is 2.76. The molecule has 0 bridgehead atoms. The summed E-state index contributed by atoms with van der Waals surface area (Å²) in [5.41, 5.74) is 6.40. The molecule has 17 heavy (non-hydrogen) atoms. The van der Waals surface area contributed by atoms with E-state index in [4.69, 9.17) is 5.73 Å². The number of hydrogen-bond donors (Lipinski definition) is 1. The SMILES string of the molecule is CCC1CCC(N)C(N2CCCC2C(C)C)C1. The van der Waals surface area contributed by atoms with Crippen LogP contribution in [0.25, 0.3) is 0 Å². The molecule has 0 aromatic heterocycles. The van der Waals surface area contributed by atoms with E-state index in [1.807, 2.05) is 0 Å². The summed E-state index contributed by atoms with van der Waals surface area (Å²) in [5.74, 6) is 1.71. The van der Waals surface area contributed by atoms with Gasteiger partial charge in [0.2, 0.25) is 0 Å². The minimum atomic E-state index is 0.428. The maximum absolute atomic E-state index is 6.40. The first-order chi connectivity index (χ1) is 8.13. The summed E-state index contributed by atoms with van der Waals surface area (Å²) in [6.07, 6.45) is 8.05. The number of hydrogen-bond acceptors (Lipinski definition) is 2. The molecule has 100 valence electrons. The fourth-order valence-electron chi connectivity index (χ4n) is 3.95. The van der Waals surface area contributed by atoms with E-state index in [2.05, 4.69) is 25.7 Å². The molecule has 0 radical (unpaired) electrons. The van der Waals surface area contributed by atoms with Gasteiger partial charge in [-0.1, -0.05) is 27.2 Å².